The van der Waals surface area contributed by atoms with Crippen molar-refractivity contribution in [3.05, 3.63) is 130 Å². The van der Waals surface area contributed by atoms with Crippen molar-refractivity contribution in [2.24, 2.45) is 0 Å². The van der Waals surface area contributed by atoms with Gasteiger partial charge in [0.2, 0.25) is 0 Å². The maximum absolute atomic E-state index is 14.0. The second-order valence-corrected chi connectivity index (χ2v) is 9.82. The zero-order valence-electron chi connectivity index (χ0n) is 20.9. The van der Waals surface area contributed by atoms with Crippen LogP contribution < -0.4 is 5.32 Å². The number of hydrogen-bond acceptors (Lipinski definition) is 2. The van der Waals surface area contributed by atoms with Crippen LogP contribution in [0.3, 0.4) is 0 Å². The molecule has 38 heavy (non-hydrogen) atoms. The molecule has 0 spiro atoms. The second kappa shape index (κ2) is 9.50. The summed E-state index contributed by atoms with van der Waals surface area (Å²) < 4.78 is 17.9. The maximum atomic E-state index is 14.0. The molecule has 1 atom stereocenters. The molecule has 0 bridgehead atoms. The zero-order chi connectivity index (χ0) is 26.4. The van der Waals surface area contributed by atoms with Gasteiger partial charge in [-0.25, -0.2) is 13.9 Å². The van der Waals surface area contributed by atoms with Crippen LogP contribution in [0.15, 0.2) is 91.1 Å². The van der Waals surface area contributed by atoms with E-state index in [4.69, 9.17) is 16.7 Å². The van der Waals surface area contributed by atoms with Crippen molar-refractivity contribution >= 4 is 23.3 Å². The molecular formula is C30H25ClFN5O. The van der Waals surface area contributed by atoms with Crippen LogP contribution in [0.4, 0.5) is 14.9 Å². The summed E-state index contributed by atoms with van der Waals surface area (Å²) in [6.07, 6.45) is 1.98. The van der Waals surface area contributed by atoms with Crippen LogP contribution in [0, 0.1) is 19.7 Å². The first-order valence-electron chi connectivity index (χ1n) is 12.3. The van der Waals surface area contributed by atoms with Gasteiger partial charge in [0.25, 0.3) is 0 Å². The quantitative estimate of drug-likeness (QED) is 0.270. The van der Waals surface area contributed by atoms with E-state index in [-0.39, 0.29) is 11.8 Å². The highest BCUT2D eigenvalue weighted by Crippen LogP contribution is 2.39. The molecule has 2 amide bonds. The molecule has 6 rings (SSSR count). The van der Waals surface area contributed by atoms with E-state index >= 15 is 0 Å². The molecule has 1 N–H and O–H groups in total. The number of aryl methyl sites for hydroxylation is 2. The number of hydrogen-bond donors (Lipinski definition) is 1. The lowest BCUT2D eigenvalue weighted by Crippen LogP contribution is -2.38. The van der Waals surface area contributed by atoms with E-state index in [0.717, 1.165) is 39.6 Å². The number of nitrogens with zero attached hydrogens (tertiary/aromatic N) is 4. The Labute approximate surface area is 224 Å². The van der Waals surface area contributed by atoms with Crippen molar-refractivity contribution in [3.8, 4) is 11.5 Å². The van der Waals surface area contributed by atoms with Crippen molar-refractivity contribution in [1.82, 2.24) is 19.2 Å². The van der Waals surface area contributed by atoms with Gasteiger partial charge in [-0.3, -0.25) is 0 Å². The molecule has 0 saturated carbocycles. The van der Waals surface area contributed by atoms with E-state index in [1.165, 1.54) is 12.1 Å². The lowest BCUT2D eigenvalue weighted by molar-refractivity contribution is 0.194. The molecule has 3 aromatic carbocycles. The standard InChI is InChI=1S/C30H25ClFN5O/c1-19-10-15-23(17-26(19)31)33-30(38)36-18-25-20(2)34-37(24-7-4-3-5-8-24)29(25)35-16-6-9-27(35)28(36)21-11-13-22(32)14-12-21/h3-17,28H,18H2,1-2H3,(H,33,38)/t28-/m1/s1. The molecule has 8 heteroatoms. The van der Waals surface area contributed by atoms with E-state index in [2.05, 4.69) is 9.88 Å². The third-order valence-corrected chi connectivity index (χ3v) is 7.36. The summed E-state index contributed by atoms with van der Waals surface area (Å²) in [7, 11) is 0. The van der Waals surface area contributed by atoms with Crippen LogP contribution in [0.25, 0.3) is 11.5 Å². The number of carbonyl (C=O) groups is 1. The minimum atomic E-state index is -0.484. The number of nitrogens with one attached hydrogen (secondary N) is 1. The summed E-state index contributed by atoms with van der Waals surface area (Å²) in [5.74, 6) is 0.538. The zero-order valence-corrected chi connectivity index (χ0v) is 21.7. The number of amides is 2. The fraction of sp³-hybridized carbons (Fsp3) is 0.133. The van der Waals surface area contributed by atoms with Crippen molar-refractivity contribution in [2.75, 3.05) is 5.32 Å². The molecule has 1 aliphatic rings. The summed E-state index contributed by atoms with van der Waals surface area (Å²) in [6, 6.07) is 24.8. The normalized spacial score (nSPS) is 14.5. The Morgan fingerprint density at radius 2 is 1.76 bits per heavy atom. The predicted molar refractivity (Wildman–Crippen MR) is 147 cm³/mol. The number of carbonyl (C=O) groups excluding carboxylic acids is 1. The molecular weight excluding hydrogens is 501 g/mol. The monoisotopic (exact) mass is 525 g/mol. The Morgan fingerprint density at radius 3 is 2.50 bits per heavy atom. The van der Waals surface area contributed by atoms with Gasteiger partial charge in [0, 0.05) is 22.5 Å². The molecule has 0 radical (unpaired) electrons. The van der Waals surface area contributed by atoms with Gasteiger partial charge in [0.05, 0.1) is 29.7 Å². The summed E-state index contributed by atoms with van der Waals surface area (Å²) >= 11 is 6.33. The lowest BCUT2D eigenvalue weighted by Gasteiger charge is -2.31. The van der Waals surface area contributed by atoms with Gasteiger partial charge < -0.3 is 14.8 Å². The fourth-order valence-electron chi connectivity index (χ4n) is 5.01. The fourth-order valence-corrected chi connectivity index (χ4v) is 5.19. The van der Waals surface area contributed by atoms with Crippen molar-refractivity contribution < 1.29 is 9.18 Å². The number of halogens is 2. The van der Waals surface area contributed by atoms with Gasteiger partial charge in [0.1, 0.15) is 11.6 Å². The number of benzene rings is 3. The van der Waals surface area contributed by atoms with Crippen molar-refractivity contribution in [1.29, 1.82) is 0 Å². The number of rotatable bonds is 3. The van der Waals surface area contributed by atoms with Crippen LogP contribution in [-0.4, -0.2) is 25.3 Å². The Hall–Kier alpha value is -4.36. The molecule has 0 aliphatic carbocycles. The second-order valence-electron chi connectivity index (χ2n) is 9.41. The summed E-state index contributed by atoms with van der Waals surface area (Å²) in [5.41, 5.74) is 5.85. The molecule has 1 aliphatic heterocycles. The third-order valence-electron chi connectivity index (χ3n) is 6.96. The molecule has 6 nitrogen and oxygen atoms in total. The number of aromatic nitrogens is 3. The van der Waals surface area contributed by atoms with Crippen molar-refractivity contribution in [3.63, 3.8) is 0 Å². The SMILES string of the molecule is Cc1ccc(NC(=O)N2Cc3c(C)nn(-c4ccccc4)c3-n3cccc3[C@H]2c2ccc(F)cc2)cc1Cl. The van der Waals surface area contributed by atoms with Crippen molar-refractivity contribution in [2.45, 2.75) is 26.4 Å². The predicted octanol–water partition coefficient (Wildman–Crippen LogP) is 7.21. The van der Waals surface area contributed by atoms with Crippen LogP contribution >= 0.6 is 11.6 Å². The largest absolute Gasteiger partial charge is 0.322 e. The highest BCUT2D eigenvalue weighted by Gasteiger charge is 2.36. The lowest BCUT2D eigenvalue weighted by atomic mass is 10.0. The summed E-state index contributed by atoms with van der Waals surface area (Å²) in [4.78, 5) is 15.7. The van der Waals surface area contributed by atoms with Crippen LogP contribution in [0.5, 0.6) is 0 Å². The first kappa shape index (κ1) is 24.0. The smallest absolute Gasteiger partial charge is 0.308 e. The van der Waals surface area contributed by atoms with Gasteiger partial charge in [-0.2, -0.15) is 5.10 Å². The Balaban J connectivity index is 1.52. The van der Waals surface area contributed by atoms with Gasteiger partial charge in [-0.15, -0.1) is 0 Å². The van der Waals surface area contributed by atoms with Crippen LogP contribution in [0.1, 0.15) is 34.1 Å². The summed E-state index contributed by atoms with van der Waals surface area (Å²) in [5, 5.41) is 8.46. The molecule has 190 valence electrons. The van der Waals surface area contributed by atoms with E-state index < -0.39 is 6.04 Å². The molecule has 0 fully saturated rings. The highest BCUT2D eigenvalue weighted by molar-refractivity contribution is 6.31. The topological polar surface area (TPSA) is 55.1 Å². The van der Waals surface area contributed by atoms with Crippen LogP contribution in [0.2, 0.25) is 5.02 Å². The van der Waals surface area contributed by atoms with Gasteiger partial charge in [-0.05, 0) is 73.5 Å². The number of anilines is 1. The Kier molecular flexibility index (Phi) is 6.00. The van der Waals surface area contributed by atoms with Gasteiger partial charge in [-0.1, -0.05) is 48.0 Å². The number of fused-ring (bicyclic) bond motifs is 3. The van der Waals surface area contributed by atoms with Gasteiger partial charge in [0.15, 0.2) is 0 Å². The first-order valence-corrected chi connectivity index (χ1v) is 12.7. The van der Waals surface area contributed by atoms with Crippen LogP contribution in [-0.2, 0) is 6.54 Å². The minimum Gasteiger partial charge on any atom is -0.308 e. The Bertz CT molecular complexity index is 1640. The molecule has 3 heterocycles. The number of para-hydroxylation sites is 1. The molecule has 5 aromatic rings. The van der Waals surface area contributed by atoms with Gasteiger partial charge >= 0.3 is 6.03 Å². The molecule has 0 saturated heterocycles. The van der Waals surface area contributed by atoms with E-state index in [1.807, 2.05) is 79.3 Å². The average Bonchev–Trinajstić information content (AvgIpc) is 3.48. The average molecular weight is 526 g/mol. The third kappa shape index (κ3) is 4.15. The highest BCUT2D eigenvalue weighted by atomic mass is 35.5. The first-order chi connectivity index (χ1) is 18.4. The minimum absolute atomic E-state index is 0.295. The van der Waals surface area contributed by atoms with E-state index in [1.54, 1.807) is 23.1 Å². The van der Waals surface area contributed by atoms with E-state index in [0.29, 0.717) is 17.3 Å². The molecule has 0 unspecified atom stereocenters. The Morgan fingerprint density at radius 1 is 1.00 bits per heavy atom. The maximum Gasteiger partial charge on any atom is 0.322 e. The molecule has 2 aromatic heterocycles. The summed E-state index contributed by atoms with van der Waals surface area (Å²) in [6.45, 7) is 4.16. The van der Waals surface area contributed by atoms with E-state index in [9.17, 15) is 9.18 Å². The number of urea groups is 1.